The molecular formula is C27H28FNO2. The van der Waals surface area contributed by atoms with E-state index in [1.165, 1.54) is 31.4 Å². The van der Waals surface area contributed by atoms with Crippen LogP contribution in [-0.4, -0.2) is 15.8 Å². The van der Waals surface area contributed by atoms with Gasteiger partial charge in [-0.2, -0.15) is 0 Å². The second kappa shape index (κ2) is 10.3. The average Bonchev–Trinajstić information content (AvgIpc) is 3.25. The summed E-state index contributed by atoms with van der Waals surface area (Å²) in [6.07, 6.45) is 7.90. The van der Waals surface area contributed by atoms with Crippen LogP contribution in [0.2, 0.25) is 0 Å². The van der Waals surface area contributed by atoms with Gasteiger partial charge in [-0.25, -0.2) is 4.39 Å². The molecule has 31 heavy (non-hydrogen) atoms. The highest BCUT2D eigenvalue weighted by Gasteiger charge is 2.09. The van der Waals surface area contributed by atoms with Gasteiger partial charge in [-0.15, -0.1) is 0 Å². The lowest BCUT2D eigenvalue weighted by Gasteiger charge is -2.14. The van der Waals surface area contributed by atoms with Crippen molar-refractivity contribution in [1.29, 1.82) is 0 Å². The maximum Gasteiger partial charge on any atom is 0.129 e. The zero-order valence-corrected chi connectivity index (χ0v) is 17.6. The molecule has 4 aromatic rings. The summed E-state index contributed by atoms with van der Waals surface area (Å²) >= 11 is 0. The van der Waals surface area contributed by atoms with Gasteiger partial charge in [0.15, 0.2) is 0 Å². The fourth-order valence-corrected chi connectivity index (χ4v) is 3.91. The van der Waals surface area contributed by atoms with E-state index < -0.39 is 0 Å². The molecule has 1 N–H and O–H groups in total. The number of hydrogen-bond acceptors (Lipinski definition) is 2. The van der Waals surface area contributed by atoms with Gasteiger partial charge in [0.2, 0.25) is 0 Å². The zero-order chi connectivity index (χ0) is 21.5. The Hall–Kier alpha value is -3.11. The van der Waals surface area contributed by atoms with Crippen LogP contribution in [0.15, 0.2) is 85.1 Å². The van der Waals surface area contributed by atoms with Gasteiger partial charge < -0.3 is 14.4 Å². The van der Waals surface area contributed by atoms with E-state index in [9.17, 15) is 4.39 Å². The van der Waals surface area contributed by atoms with Crippen LogP contribution in [0.3, 0.4) is 0 Å². The highest BCUT2D eigenvalue weighted by Crippen LogP contribution is 2.29. The third-order valence-corrected chi connectivity index (χ3v) is 5.61. The highest BCUT2D eigenvalue weighted by molar-refractivity contribution is 5.87. The second-order valence-electron chi connectivity index (χ2n) is 7.92. The lowest BCUT2D eigenvalue weighted by Crippen LogP contribution is -2.09. The molecule has 0 spiro atoms. The predicted molar refractivity (Wildman–Crippen MR) is 123 cm³/mol. The zero-order valence-electron chi connectivity index (χ0n) is 17.6. The summed E-state index contributed by atoms with van der Waals surface area (Å²) in [4.78, 5) is 0. The van der Waals surface area contributed by atoms with Crippen molar-refractivity contribution in [2.24, 2.45) is 0 Å². The van der Waals surface area contributed by atoms with Crippen molar-refractivity contribution in [3.63, 3.8) is 0 Å². The smallest absolute Gasteiger partial charge is 0.129 e. The summed E-state index contributed by atoms with van der Waals surface area (Å²) in [7, 11) is 0. The summed E-state index contributed by atoms with van der Waals surface area (Å²) in [5.41, 5.74) is 3.09. The van der Waals surface area contributed by atoms with Gasteiger partial charge in [-0.1, -0.05) is 55.7 Å². The SMILES string of the molecule is Fc1ccc(-n2ccc3c(OCc4ccccc4)cccc32)cc1.OC1CCCCC1. The molecule has 1 fully saturated rings. The van der Waals surface area contributed by atoms with Crippen molar-refractivity contribution in [1.82, 2.24) is 4.57 Å². The number of ether oxygens (including phenoxy) is 1. The maximum absolute atomic E-state index is 13.1. The Morgan fingerprint density at radius 3 is 2.26 bits per heavy atom. The minimum atomic E-state index is -0.234. The molecule has 3 nitrogen and oxygen atoms in total. The number of fused-ring (bicyclic) bond motifs is 1. The maximum atomic E-state index is 13.1. The van der Waals surface area contributed by atoms with Crippen LogP contribution in [0.25, 0.3) is 16.6 Å². The molecule has 0 aliphatic heterocycles. The Morgan fingerprint density at radius 1 is 0.839 bits per heavy atom. The molecule has 1 aromatic heterocycles. The predicted octanol–water partition coefficient (Wildman–Crippen LogP) is 6.66. The van der Waals surface area contributed by atoms with Crippen LogP contribution in [0.5, 0.6) is 5.75 Å². The fourth-order valence-electron chi connectivity index (χ4n) is 3.91. The Bertz CT molecular complexity index is 1080. The van der Waals surface area contributed by atoms with Crippen molar-refractivity contribution in [2.75, 3.05) is 0 Å². The molecule has 0 radical (unpaired) electrons. The van der Waals surface area contributed by atoms with Crippen molar-refractivity contribution in [3.05, 3.63) is 96.4 Å². The Morgan fingerprint density at radius 2 is 1.58 bits per heavy atom. The van der Waals surface area contributed by atoms with Gasteiger partial charge in [0.1, 0.15) is 18.2 Å². The molecule has 1 aliphatic rings. The Kier molecular flexibility index (Phi) is 7.00. The van der Waals surface area contributed by atoms with Gasteiger partial charge in [-0.05, 0) is 60.9 Å². The minimum absolute atomic E-state index is 0.0359. The van der Waals surface area contributed by atoms with E-state index in [0.717, 1.165) is 40.7 Å². The normalized spacial score (nSPS) is 14.1. The van der Waals surface area contributed by atoms with Crippen molar-refractivity contribution in [2.45, 2.75) is 44.8 Å². The summed E-state index contributed by atoms with van der Waals surface area (Å²) in [6.45, 7) is 0.529. The number of aliphatic hydroxyl groups excluding tert-OH is 1. The number of aromatic nitrogens is 1. The van der Waals surface area contributed by atoms with Gasteiger partial charge in [0, 0.05) is 17.3 Å². The van der Waals surface area contributed by atoms with E-state index in [0.29, 0.717) is 6.61 Å². The van der Waals surface area contributed by atoms with Crippen LogP contribution >= 0.6 is 0 Å². The quantitative estimate of drug-likeness (QED) is 0.403. The van der Waals surface area contributed by atoms with Crippen molar-refractivity contribution < 1.29 is 14.2 Å². The van der Waals surface area contributed by atoms with Gasteiger partial charge in [0.05, 0.1) is 11.6 Å². The van der Waals surface area contributed by atoms with Gasteiger partial charge >= 0.3 is 0 Å². The van der Waals surface area contributed by atoms with Crippen LogP contribution < -0.4 is 4.74 Å². The monoisotopic (exact) mass is 417 g/mol. The average molecular weight is 418 g/mol. The van der Waals surface area contributed by atoms with Gasteiger partial charge in [-0.3, -0.25) is 0 Å². The summed E-state index contributed by atoms with van der Waals surface area (Å²) < 4.78 is 21.2. The topological polar surface area (TPSA) is 34.4 Å². The number of nitrogens with zero attached hydrogens (tertiary/aromatic N) is 1. The molecule has 1 heterocycles. The number of hydrogen-bond donors (Lipinski definition) is 1. The molecule has 160 valence electrons. The second-order valence-corrected chi connectivity index (χ2v) is 7.92. The lowest BCUT2D eigenvalue weighted by atomic mass is 9.98. The first-order valence-corrected chi connectivity index (χ1v) is 10.9. The lowest BCUT2D eigenvalue weighted by molar-refractivity contribution is 0.130. The first-order chi connectivity index (χ1) is 15.2. The van der Waals surface area contributed by atoms with E-state index in [-0.39, 0.29) is 11.9 Å². The largest absolute Gasteiger partial charge is 0.488 e. The molecule has 0 unspecified atom stereocenters. The first-order valence-electron chi connectivity index (χ1n) is 10.9. The number of benzene rings is 3. The molecule has 4 heteroatoms. The third kappa shape index (κ3) is 5.53. The minimum Gasteiger partial charge on any atom is -0.488 e. The third-order valence-electron chi connectivity index (χ3n) is 5.61. The van der Waals surface area contributed by atoms with Crippen molar-refractivity contribution in [3.8, 4) is 11.4 Å². The molecular weight excluding hydrogens is 389 g/mol. The molecule has 0 saturated heterocycles. The van der Waals surface area contributed by atoms with Crippen LogP contribution in [0, 0.1) is 5.82 Å². The van der Waals surface area contributed by atoms with E-state index in [2.05, 4.69) is 0 Å². The van der Waals surface area contributed by atoms with E-state index in [4.69, 9.17) is 9.84 Å². The number of aliphatic hydroxyl groups is 1. The Balaban J connectivity index is 0.000000282. The Labute approximate surface area is 182 Å². The first kappa shape index (κ1) is 21.1. The van der Waals surface area contributed by atoms with Crippen LogP contribution in [-0.2, 0) is 6.61 Å². The molecule has 5 rings (SSSR count). The summed E-state index contributed by atoms with van der Waals surface area (Å²) in [6, 6.07) is 24.6. The fraction of sp³-hybridized carbons (Fsp3) is 0.259. The van der Waals surface area contributed by atoms with E-state index >= 15 is 0 Å². The number of halogens is 1. The molecule has 0 amide bonds. The van der Waals surface area contributed by atoms with Crippen LogP contribution in [0.4, 0.5) is 4.39 Å². The molecule has 0 atom stereocenters. The van der Waals surface area contributed by atoms with Crippen LogP contribution in [0.1, 0.15) is 37.7 Å². The summed E-state index contributed by atoms with van der Waals surface area (Å²) in [5.74, 6) is 0.610. The standard InChI is InChI=1S/C21H16FNO.C6H12O/c22-17-9-11-18(12-10-17)23-14-13-19-20(23)7-4-8-21(19)24-15-16-5-2-1-3-6-16;7-6-4-2-1-3-5-6/h1-14H,15H2;6-7H,1-5H2. The number of rotatable bonds is 4. The van der Waals surface area contributed by atoms with Crippen molar-refractivity contribution >= 4 is 10.9 Å². The molecule has 1 aliphatic carbocycles. The molecule has 1 saturated carbocycles. The summed E-state index contributed by atoms with van der Waals surface area (Å²) in [5, 5.41) is 9.95. The van der Waals surface area contributed by atoms with E-state index in [1.807, 2.05) is 65.4 Å². The molecule has 3 aromatic carbocycles. The van der Waals surface area contributed by atoms with Gasteiger partial charge in [0.25, 0.3) is 0 Å². The molecule has 0 bridgehead atoms. The van der Waals surface area contributed by atoms with E-state index in [1.54, 1.807) is 12.1 Å². The highest BCUT2D eigenvalue weighted by atomic mass is 19.1.